The van der Waals surface area contributed by atoms with Crippen LogP contribution in [0.1, 0.15) is 37.0 Å². The van der Waals surface area contributed by atoms with E-state index >= 15 is 0 Å². The molecule has 8 nitrogen and oxygen atoms in total. The molecule has 8 heteroatoms. The summed E-state index contributed by atoms with van der Waals surface area (Å²) >= 11 is 0. The summed E-state index contributed by atoms with van der Waals surface area (Å²) in [6.07, 6.45) is 5.70. The van der Waals surface area contributed by atoms with Crippen LogP contribution >= 0.6 is 0 Å². The number of carbonyl (C=O) groups excluding carboxylic acids is 1. The SMILES string of the molecule is Cc1cc(CC(C)NC(=O)CCCc2nc(-c3cccnc3)no2)n[nH]1. The zero-order valence-electron chi connectivity index (χ0n) is 14.9. The maximum Gasteiger partial charge on any atom is 0.226 e. The quantitative estimate of drug-likeness (QED) is 0.642. The Labute approximate surface area is 151 Å². The highest BCUT2D eigenvalue weighted by atomic mass is 16.5. The van der Waals surface area contributed by atoms with E-state index in [0.29, 0.717) is 37.4 Å². The summed E-state index contributed by atoms with van der Waals surface area (Å²) < 4.78 is 5.23. The Morgan fingerprint density at radius 1 is 1.42 bits per heavy atom. The summed E-state index contributed by atoms with van der Waals surface area (Å²) in [4.78, 5) is 20.4. The molecule has 0 saturated heterocycles. The number of H-pyrrole nitrogens is 1. The van der Waals surface area contributed by atoms with E-state index in [1.54, 1.807) is 12.4 Å². The molecule has 0 fully saturated rings. The summed E-state index contributed by atoms with van der Waals surface area (Å²) in [7, 11) is 0. The molecule has 0 aliphatic heterocycles. The smallest absolute Gasteiger partial charge is 0.226 e. The molecule has 0 bridgehead atoms. The third-order valence-electron chi connectivity index (χ3n) is 3.86. The van der Waals surface area contributed by atoms with Crippen LogP contribution in [0.25, 0.3) is 11.4 Å². The molecular formula is C18H22N6O2. The van der Waals surface area contributed by atoms with Gasteiger partial charge in [0.25, 0.3) is 0 Å². The van der Waals surface area contributed by atoms with Crippen molar-refractivity contribution in [3.8, 4) is 11.4 Å². The zero-order valence-corrected chi connectivity index (χ0v) is 14.9. The number of rotatable bonds is 8. The first-order chi connectivity index (χ1) is 12.6. The van der Waals surface area contributed by atoms with E-state index in [0.717, 1.165) is 17.0 Å². The van der Waals surface area contributed by atoms with Gasteiger partial charge in [-0.05, 0) is 38.5 Å². The lowest BCUT2D eigenvalue weighted by Gasteiger charge is -2.12. The summed E-state index contributed by atoms with van der Waals surface area (Å²) in [5.41, 5.74) is 2.77. The molecule has 1 atom stereocenters. The van der Waals surface area contributed by atoms with Gasteiger partial charge < -0.3 is 9.84 Å². The Kier molecular flexibility index (Phi) is 5.73. The van der Waals surface area contributed by atoms with Gasteiger partial charge in [0.2, 0.25) is 17.6 Å². The third-order valence-corrected chi connectivity index (χ3v) is 3.86. The van der Waals surface area contributed by atoms with Crippen LogP contribution in [-0.4, -0.2) is 37.3 Å². The first-order valence-electron chi connectivity index (χ1n) is 8.63. The predicted octanol–water partition coefficient (Wildman–Crippen LogP) is 2.23. The number of carbonyl (C=O) groups is 1. The van der Waals surface area contributed by atoms with Gasteiger partial charge in [-0.1, -0.05) is 5.16 Å². The molecule has 0 aromatic carbocycles. The standard InChI is InChI=1S/C18H22N6O2/c1-12(9-15-10-13(2)22-23-15)20-16(25)6-3-7-17-21-18(24-26-17)14-5-4-8-19-11-14/h4-5,8,10-12H,3,6-7,9H2,1-2H3,(H,20,25)(H,22,23). The lowest BCUT2D eigenvalue weighted by atomic mass is 10.1. The molecule has 0 aliphatic rings. The first-order valence-corrected chi connectivity index (χ1v) is 8.63. The number of hydrogen-bond donors (Lipinski definition) is 2. The maximum atomic E-state index is 12.1. The number of pyridine rings is 1. The van der Waals surface area contributed by atoms with E-state index in [9.17, 15) is 4.79 Å². The van der Waals surface area contributed by atoms with E-state index < -0.39 is 0 Å². The highest BCUT2D eigenvalue weighted by molar-refractivity contribution is 5.76. The molecule has 3 aromatic rings. The van der Waals surface area contributed by atoms with E-state index in [1.165, 1.54) is 0 Å². The van der Waals surface area contributed by atoms with Gasteiger partial charge in [-0.15, -0.1) is 0 Å². The molecule has 1 unspecified atom stereocenters. The van der Waals surface area contributed by atoms with Crippen molar-refractivity contribution >= 4 is 5.91 Å². The van der Waals surface area contributed by atoms with Gasteiger partial charge in [-0.25, -0.2) is 0 Å². The van der Waals surface area contributed by atoms with E-state index in [1.807, 2.05) is 32.0 Å². The predicted molar refractivity (Wildman–Crippen MR) is 95.1 cm³/mol. The number of hydrogen-bond acceptors (Lipinski definition) is 6. The number of nitrogens with zero attached hydrogens (tertiary/aromatic N) is 4. The number of aromatic amines is 1. The third kappa shape index (κ3) is 4.98. The molecule has 0 radical (unpaired) electrons. The minimum absolute atomic E-state index is 0.0109. The highest BCUT2D eigenvalue weighted by Gasteiger charge is 2.12. The fraction of sp³-hybridized carbons (Fsp3) is 0.389. The molecule has 3 rings (SSSR count). The maximum absolute atomic E-state index is 12.1. The molecule has 3 aromatic heterocycles. The van der Waals surface area contributed by atoms with E-state index in [-0.39, 0.29) is 11.9 Å². The van der Waals surface area contributed by atoms with Gasteiger partial charge in [-0.3, -0.25) is 14.9 Å². The van der Waals surface area contributed by atoms with Crippen molar-refractivity contribution in [2.45, 2.75) is 45.6 Å². The van der Waals surface area contributed by atoms with Crippen LogP contribution in [-0.2, 0) is 17.6 Å². The van der Waals surface area contributed by atoms with Crippen molar-refractivity contribution in [3.63, 3.8) is 0 Å². The van der Waals surface area contributed by atoms with Crippen LogP contribution < -0.4 is 5.32 Å². The zero-order chi connectivity index (χ0) is 18.4. The summed E-state index contributed by atoms with van der Waals surface area (Å²) in [5, 5.41) is 14.0. The second-order valence-electron chi connectivity index (χ2n) is 6.32. The minimum atomic E-state index is 0.0109. The summed E-state index contributed by atoms with van der Waals surface area (Å²) in [6.45, 7) is 3.93. The Morgan fingerprint density at radius 2 is 2.31 bits per heavy atom. The van der Waals surface area contributed by atoms with Crippen molar-refractivity contribution in [1.82, 2.24) is 30.6 Å². The largest absolute Gasteiger partial charge is 0.353 e. The normalized spacial score (nSPS) is 12.1. The minimum Gasteiger partial charge on any atom is -0.353 e. The van der Waals surface area contributed by atoms with Crippen LogP contribution in [0, 0.1) is 6.92 Å². The molecule has 26 heavy (non-hydrogen) atoms. The van der Waals surface area contributed by atoms with Gasteiger partial charge >= 0.3 is 0 Å². The Morgan fingerprint density at radius 3 is 3.04 bits per heavy atom. The molecular weight excluding hydrogens is 332 g/mol. The average Bonchev–Trinajstić information content (AvgIpc) is 3.25. The molecule has 136 valence electrons. The second-order valence-corrected chi connectivity index (χ2v) is 6.32. The van der Waals surface area contributed by atoms with Crippen LogP contribution in [0.2, 0.25) is 0 Å². The Bertz CT molecular complexity index is 842. The summed E-state index contributed by atoms with van der Waals surface area (Å²) in [6, 6.07) is 5.71. The van der Waals surface area contributed by atoms with Crippen molar-refractivity contribution in [2.24, 2.45) is 0 Å². The van der Waals surface area contributed by atoms with Gasteiger partial charge in [0.15, 0.2) is 0 Å². The van der Waals surface area contributed by atoms with Crippen LogP contribution in [0.3, 0.4) is 0 Å². The lowest BCUT2D eigenvalue weighted by Crippen LogP contribution is -2.34. The van der Waals surface area contributed by atoms with Crippen molar-refractivity contribution in [3.05, 3.63) is 47.9 Å². The molecule has 0 aliphatic carbocycles. The molecule has 1 amide bonds. The molecule has 3 heterocycles. The number of aromatic nitrogens is 5. The lowest BCUT2D eigenvalue weighted by molar-refractivity contribution is -0.121. The fourth-order valence-corrected chi connectivity index (χ4v) is 2.66. The van der Waals surface area contributed by atoms with E-state index in [4.69, 9.17) is 4.52 Å². The average molecular weight is 354 g/mol. The topological polar surface area (TPSA) is 110 Å². The van der Waals surface area contributed by atoms with Gasteiger partial charge in [0.05, 0.1) is 5.69 Å². The highest BCUT2D eigenvalue weighted by Crippen LogP contribution is 2.14. The van der Waals surface area contributed by atoms with Gasteiger partial charge in [0, 0.05) is 49.0 Å². The molecule has 2 N–H and O–H groups in total. The molecule has 0 spiro atoms. The molecule has 0 saturated carbocycles. The van der Waals surface area contributed by atoms with Crippen molar-refractivity contribution < 1.29 is 9.32 Å². The summed E-state index contributed by atoms with van der Waals surface area (Å²) in [5.74, 6) is 1.05. The second kappa shape index (κ2) is 8.37. The van der Waals surface area contributed by atoms with Crippen molar-refractivity contribution in [1.29, 1.82) is 0 Å². The Balaban J connectivity index is 1.40. The van der Waals surface area contributed by atoms with Crippen LogP contribution in [0.5, 0.6) is 0 Å². The number of nitrogens with one attached hydrogen (secondary N) is 2. The van der Waals surface area contributed by atoms with Crippen LogP contribution in [0.4, 0.5) is 0 Å². The van der Waals surface area contributed by atoms with Crippen molar-refractivity contribution in [2.75, 3.05) is 0 Å². The monoisotopic (exact) mass is 354 g/mol. The fourth-order valence-electron chi connectivity index (χ4n) is 2.66. The Hall–Kier alpha value is -3.03. The van der Waals surface area contributed by atoms with Crippen LogP contribution in [0.15, 0.2) is 35.1 Å². The van der Waals surface area contributed by atoms with Gasteiger partial charge in [-0.2, -0.15) is 10.1 Å². The van der Waals surface area contributed by atoms with Gasteiger partial charge in [0.1, 0.15) is 0 Å². The number of amides is 1. The first kappa shape index (κ1) is 17.8. The van der Waals surface area contributed by atoms with E-state index in [2.05, 4.69) is 30.6 Å². The number of aryl methyl sites for hydroxylation is 2.